The van der Waals surface area contributed by atoms with Gasteiger partial charge in [0.25, 0.3) is 5.91 Å². The van der Waals surface area contributed by atoms with Crippen LogP contribution in [0.1, 0.15) is 18.5 Å². The van der Waals surface area contributed by atoms with Crippen LogP contribution in [0.25, 0.3) is 0 Å². The summed E-state index contributed by atoms with van der Waals surface area (Å²) >= 11 is 1.19. The van der Waals surface area contributed by atoms with Crippen LogP contribution in [0, 0.1) is 11.3 Å². The molecule has 4 rings (SSSR count). The predicted octanol–water partition coefficient (Wildman–Crippen LogP) is 3.73. The molecule has 0 fully saturated rings. The van der Waals surface area contributed by atoms with E-state index in [0.717, 1.165) is 5.56 Å². The summed E-state index contributed by atoms with van der Waals surface area (Å²) in [6.07, 6.45) is 0. The van der Waals surface area contributed by atoms with E-state index in [0.29, 0.717) is 38.5 Å². The smallest absolute Gasteiger partial charge is 0.255 e. The molecular weight excluding hydrogens is 426 g/mol. The third-order valence-corrected chi connectivity index (χ3v) is 6.15. The van der Waals surface area contributed by atoms with Crippen LogP contribution in [0.3, 0.4) is 0 Å². The number of amidine groups is 1. The standard InChI is InChI=1S/C23H21N5O3S/c1-13-19(22(29)27-15-7-5-4-6-8-15)20(14-9-10-16(30-2)17(11-14)31-3)28-21(25)18(12-24)32-23(28)26-13/h4-11,20H,25H2,1-3H3,(H,27,29)/t20-/m1/s1. The fourth-order valence-electron chi connectivity index (χ4n) is 3.69. The lowest BCUT2D eigenvalue weighted by molar-refractivity contribution is -0.113. The van der Waals surface area contributed by atoms with E-state index in [4.69, 9.17) is 15.2 Å². The first-order valence-electron chi connectivity index (χ1n) is 9.73. The van der Waals surface area contributed by atoms with Gasteiger partial charge in [-0.05, 0) is 48.5 Å². The number of nitrogens with zero attached hydrogens (tertiary/aromatic N) is 3. The van der Waals surface area contributed by atoms with Crippen LogP contribution in [0.5, 0.6) is 11.5 Å². The maximum absolute atomic E-state index is 13.4. The van der Waals surface area contributed by atoms with E-state index in [9.17, 15) is 10.1 Å². The van der Waals surface area contributed by atoms with Crippen LogP contribution in [0.4, 0.5) is 5.69 Å². The minimum absolute atomic E-state index is 0.258. The highest BCUT2D eigenvalue weighted by Gasteiger charge is 2.42. The summed E-state index contributed by atoms with van der Waals surface area (Å²) in [5.41, 5.74) is 8.71. The van der Waals surface area contributed by atoms with Crippen LogP contribution in [0.15, 0.2) is 75.5 Å². The molecule has 0 spiro atoms. The average molecular weight is 448 g/mol. The topological polar surface area (TPSA) is 113 Å². The summed E-state index contributed by atoms with van der Waals surface area (Å²) in [6, 6.07) is 16.1. The van der Waals surface area contributed by atoms with Crippen LogP contribution < -0.4 is 20.5 Å². The monoisotopic (exact) mass is 447 g/mol. The van der Waals surface area contributed by atoms with Crippen molar-refractivity contribution in [3.63, 3.8) is 0 Å². The lowest BCUT2D eigenvalue weighted by atomic mass is 9.93. The number of fused-ring (bicyclic) bond motifs is 1. The molecule has 2 aromatic carbocycles. The van der Waals surface area contributed by atoms with Crippen molar-refractivity contribution in [3.8, 4) is 17.6 Å². The first-order chi connectivity index (χ1) is 15.5. The Balaban J connectivity index is 1.85. The van der Waals surface area contributed by atoms with Gasteiger partial charge in [-0.25, -0.2) is 4.99 Å². The Bertz CT molecular complexity index is 1210. The Morgan fingerprint density at radius 3 is 2.56 bits per heavy atom. The maximum atomic E-state index is 13.4. The molecule has 0 aliphatic carbocycles. The number of nitrogens with two attached hydrogens (primary N) is 1. The quantitative estimate of drug-likeness (QED) is 0.718. The first-order valence-corrected chi connectivity index (χ1v) is 10.5. The molecule has 3 N–H and O–H groups in total. The number of nitriles is 1. The minimum atomic E-state index is -0.607. The highest BCUT2D eigenvalue weighted by atomic mass is 32.2. The summed E-state index contributed by atoms with van der Waals surface area (Å²) < 4.78 is 10.8. The zero-order valence-electron chi connectivity index (χ0n) is 17.7. The fraction of sp³-hybridized carbons (Fsp3) is 0.174. The van der Waals surface area contributed by atoms with Gasteiger partial charge in [0.05, 0.1) is 31.5 Å². The Labute approximate surface area is 190 Å². The van der Waals surface area contributed by atoms with Crippen LogP contribution in [-0.4, -0.2) is 30.2 Å². The second-order valence-electron chi connectivity index (χ2n) is 7.03. The normalized spacial score (nSPS) is 17.5. The zero-order chi connectivity index (χ0) is 22.8. The molecule has 0 bridgehead atoms. The summed E-state index contributed by atoms with van der Waals surface area (Å²) in [5.74, 6) is 1.03. The number of benzene rings is 2. The number of hydrogen-bond donors (Lipinski definition) is 2. The molecule has 2 aliphatic heterocycles. The molecule has 32 heavy (non-hydrogen) atoms. The summed E-state index contributed by atoms with van der Waals surface area (Å²) in [5, 5.41) is 13.0. The fourth-order valence-corrected chi connectivity index (χ4v) is 4.60. The summed E-state index contributed by atoms with van der Waals surface area (Å²) in [7, 11) is 3.11. The Morgan fingerprint density at radius 1 is 1.19 bits per heavy atom. The molecule has 162 valence electrons. The second-order valence-corrected chi connectivity index (χ2v) is 8.01. The third-order valence-electron chi connectivity index (χ3n) is 5.18. The SMILES string of the molecule is COc1ccc([C@@H]2C(C(=O)Nc3ccccc3)=C(C)N=C3SC(C#N)=C(N)N32)cc1OC. The lowest BCUT2D eigenvalue weighted by Crippen LogP contribution is -2.39. The van der Waals surface area contributed by atoms with Gasteiger partial charge in [-0.3, -0.25) is 9.69 Å². The Hall–Kier alpha value is -3.90. The highest BCUT2D eigenvalue weighted by molar-refractivity contribution is 8.17. The number of anilines is 1. The number of nitrogens with one attached hydrogen (secondary N) is 1. The number of aliphatic imine (C=N–C) groups is 1. The maximum Gasteiger partial charge on any atom is 0.255 e. The minimum Gasteiger partial charge on any atom is -0.493 e. The predicted molar refractivity (Wildman–Crippen MR) is 124 cm³/mol. The van der Waals surface area contributed by atoms with E-state index in [-0.39, 0.29) is 11.7 Å². The molecule has 0 radical (unpaired) electrons. The third kappa shape index (κ3) is 3.65. The second kappa shape index (κ2) is 8.69. The molecule has 9 heteroatoms. The van der Waals surface area contributed by atoms with E-state index < -0.39 is 6.04 Å². The van der Waals surface area contributed by atoms with E-state index in [1.807, 2.05) is 36.4 Å². The first kappa shape index (κ1) is 21.3. The van der Waals surface area contributed by atoms with Crippen molar-refractivity contribution in [2.45, 2.75) is 13.0 Å². The molecule has 8 nitrogen and oxygen atoms in total. The number of amides is 1. The highest BCUT2D eigenvalue weighted by Crippen LogP contribution is 2.46. The van der Waals surface area contributed by atoms with Crippen molar-refractivity contribution in [1.29, 1.82) is 5.26 Å². The molecule has 2 heterocycles. The van der Waals surface area contributed by atoms with E-state index in [1.165, 1.54) is 11.8 Å². The van der Waals surface area contributed by atoms with Gasteiger partial charge in [-0.2, -0.15) is 5.26 Å². The van der Waals surface area contributed by atoms with Crippen molar-refractivity contribution in [2.24, 2.45) is 10.7 Å². The molecule has 2 aromatic rings. The van der Waals surface area contributed by atoms with E-state index >= 15 is 0 Å². The van der Waals surface area contributed by atoms with Crippen LogP contribution in [0.2, 0.25) is 0 Å². The van der Waals surface area contributed by atoms with Gasteiger partial charge >= 0.3 is 0 Å². The number of para-hydroxylation sites is 1. The number of methoxy groups -OCH3 is 2. The van der Waals surface area contributed by atoms with Gasteiger partial charge in [-0.1, -0.05) is 24.3 Å². The molecule has 1 atom stereocenters. The van der Waals surface area contributed by atoms with Crippen molar-refractivity contribution in [3.05, 3.63) is 76.1 Å². The molecule has 2 aliphatic rings. The van der Waals surface area contributed by atoms with Gasteiger partial charge in [-0.15, -0.1) is 0 Å². The van der Waals surface area contributed by atoms with Gasteiger partial charge in [0, 0.05) is 5.69 Å². The van der Waals surface area contributed by atoms with Crippen molar-refractivity contribution >= 4 is 28.5 Å². The van der Waals surface area contributed by atoms with E-state index in [2.05, 4.69) is 16.4 Å². The number of hydrogen-bond acceptors (Lipinski definition) is 8. The van der Waals surface area contributed by atoms with Gasteiger partial charge in [0.2, 0.25) is 0 Å². The van der Waals surface area contributed by atoms with Crippen LogP contribution in [-0.2, 0) is 4.79 Å². The van der Waals surface area contributed by atoms with Crippen molar-refractivity contribution in [2.75, 3.05) is 19.5 Å². The number of carbonyl (C=O) groups excluding carboxylic acids is 1. The largest absolute Gasteiger partial charge is 0.493 e. The molecule has 0 saturated carbocycles. The number of carbonyl (C=O) groups is 1. The van der Waals surface area contributed by atoms with Gasteiger partial charge in [0.1, 0.15) is 16.8 Å². The van der Waals surface area contributed by atoms with Crippen LogP contribution >= 0.6 is 11.8 Å². The van der Waals surface area contributed by atoms with Gasteiger partial charge < -0.3 is 20.5 Å². The number of allylic oxidation sites excluding steroid dienone is 2. The van der Waals surface area contributed by atoms with Gasteiger partial charge in [0.15, 0.2) is 16.7 Å². The Morgan fingerprint density at radius 2 is 1.91 bits per heavy atom. The Kier molecular flexibility index (Phi) is 5.79. The molecule has 0 saturated heterocycles. The van der Waals surface area contributed by atoms with Crippen molar-refractivity contribution < 1.29 is 14.3 Å². The average Bonchev–Trinajstić information content (AvgIpc) is 3.13. The zero-order valence-corrected chi connectivity index (χ0v) is 18.6. The van der Waals surface area contributed by atoms with E-state index in [1.54, 1.807) is 38.2 Å². The van der Waals surface area contributed by atoms with Crippen molar-refractivity contribution in [1.82, 2.24) is 4.90 Å². The summed E-state index contributed by atoms with van der Waals surface area (Å²) in [6.45, 7) is 1.78. The molecule has 1 amide bonds. The molecule has 0 unspecified atom stereocenters. The number of rotatable bonds is 5. The lowest BCUT2D eigenvalue weighted by Gasteiger charge is -2.35. The molecular formula is C23H21N5O3S. The molecule has 0 aromatic heterocycles. The number of thioether (sulfide) groups is 1. The number of ether oxygens (including phenoxy) is 2. The summed E-state index contributed by atoms with van der Waals surface area (Å²) in [4.78, 5) is 20.1.